The standard InChI is InChI=1S/C26H25N5O3S/c1-18-6-8-20(9-7-18)25-29-30-26(31(25)21-10-12-22(33-3)13-11-21)35-17-24(32)28-27-16-19(2)15-23-5-4-14-34-23/h4-16H,17H2,1-3H3,(H,28,32)/b19-15+,27-16-. The molecule has 4 aromatic rings. The second-order valence-electron chi connectivity index (χ2n) is 7.69. The molecular formula is C26H25N5O3S. The molecular weight excluding hydrogens is 462 g/mol. The molecule has 2 aromatic carbocycles. The Morgan fingerprint density at radius 3 is 2.60 bits per heavy atom. The number of aryl methyl sites for hydroxylation is 1. The Bertz CT molecular complexity index is 1320. The molecule has 35 heavy (non-hydrogen) atoms. The van der Waals surface area contributed by atoms with Crippen LogP contribution in [0.15, 0.2) is 87.2 Å². The van der Waals surface area contributed by atoms with Gasteiger partial charge in [-0.05, 0) is 61.9 Å². The van der Waals surface area contributed by atoms with Gasteiger partial charge in [-0.25, -0.2) is 5.43 Å². The average molecular weight is 488 g/mol. The summed E-state index contributed by atoms with van der Waals surface area (Å²) in [6, 6.07) is 19.4. The molecule has 0 saturated carbocycles. The highest BCUT2D eigenvalue weighted by Gasteiger charge is 2.17. The van der Waals surface area contributed by atoms with Crippen LogP contribution in [0.1, 0.15) is 18.2 Å². The fourth-order valence-corrected chi connectivity index (χ4v) is 3.96. The summed E-state index contributed by atoms with van der Waals surface area (Å²) < 4.78 is 12.5. The largest absolute Gasteiger partial charge is 0.497 e. The highest BCUT2D eigenvalue weighted by Crippen LogP contribution is 2.29. The van der Waals surface area contributed by atoms with E-state index in [0.717, 1.165) is 33.9 Å². The van der Waals surface area contributed by atoms with Gasteiger partial charge in [0.05, 0.1) is 25.3 Å². The lowest BCUT2D eigenvalue weighted by molar-refractivity contribution is -0.118. The maximum Gasteiger partial charge on any atom is 0.250 e. The van der Waals surface area contributed by atoms with Gasteiger partial charge in [0.1, 0.15) is 11.5 Å². The summed E-state index contributed by atoms with van der Waals surface area (Å²) in [7, 11) is 1.63. The van der Waals surface area contributed by atoms with E-state index in [1.54, 1.807) is 19.6 Å². The number of hydrogen-bond acceptors (Lipinski definition) is 7. The predicted octanol–water partition coefficient (Wildman–Crippen LogP) is 5.14. The van der Waals surface area contributed by atoms with E-state index in [1.165, 1.54) is 11.8 Å². The van der Waals surface area contributed by atoms with Gasteiger partial charge < -0.3 is 9.15 Å². The van der Waals surface area contributed by atoms with Crippen molar-refractivity contribution in [2.75, 3.05) is 12.9 Å². The minimum absolute atomic E-state index is 0.125. The van der Waals surface area contributed by atoms with Gasteiger partial charge in [0.15, 0.2) is 11.0 Å². The van der Waals surface area contributed by atoms with Crippen molar-refractivity contribution in [3.05, 3.63) is 83.8 Å². The summed E-state index contributed by atoms with van der Waals surface area (Å²) in [6.45, 7) is 3.91. The Morgan fingerprint density at radius 2 is 1.91 bits per heavy atom. The van der Waals surface area contributed by atoms with Crippen LogP contribution < -0.4 is 10.2 Å². The third-order valence-electron chi connectivity index (χ3n) is 4.98. The zero-order chi connectivity index (χ0) is 24.6. The molecule has 1 N–H and O–H groups in total. The van der Waals surface area contributed by atoms with E-state index >= 15 is 0 Å². The number of nitrogens with one attached hydrogen (secondary N) is 1. The van der Waals surface area contributed by atoms with Crippen molar-refractivity contribution in [1.82, 2.24) is 20.2 Å². The van der Waals surface area contributed by atoms with Crippen LogP contribution in [0.5, 0.6) is 5.75 Å². The maximum absolute atomic E-state index is 12.4. The van der Waals surface area contributed by atoms with Crippen LogP contribution in [-0.2, 0) is 4.79 Å². The smallest absolute Gasteiger partial charge is 0.250 e. The molecule has 8 nitrogen and oxygen atoms in total. The highest BCUT2D eigenvalue weighted by atomic mass is 32.2. The van der Waals surface area contributed by atoms with Gasteiger partial charge in [0, 0.05) is 11.3 Å². The van der Waals surface area contributed by atoms with Crippen LogP contribution >= 0.6 is 11.8 Å². The van der Waals surface area contributed by atoms with E-state index in [9.17, 15) is 4.79 Å². The normalized spacial score (nSPS) is 11.7. The second kappa shape index (κ2) is 11.3. The number of thioether (sulfide) groups is 1. The van der Waals surface area contributed by atoms with E-state index in [0.29, 0.717) is 11.0 Å². The number of rotatable bonds is 9. The molecule has 0 spiro atoms. The summed E-state index contributed by atoms with van der Waals surface area (Å²) in [5, 5.41) is 13.4. The van der Waals surface area contributed by atoms with Crippen molar-refractivity contribution < 1.29 is 13.9 Å². The Balaban J connectivity index is 1.49. The number of methoxy groups -OCH3 is 1. The molecule has 0 aliphatic rings. The first-order chi connectivity index (χ1) is 17.0. The van der Waals surface area contributed by atoms with E-state index in [4.69, 9.17) is 9.15 Å². The van der Waals surface area contributed by atoms with E-state index in [-0.39, 0.29) is 11.7 Å². The maximum atomic E-state index is 12.4. The average Bonchev–Trinajstić information content (AvgIpc) is 3.53. The number of hydrazone groups is 1. The van der Waals surface area contributed by atoms with Gasteiger partial charge in [-0.15, -0.1) is 10.2 Å². The van der Waals surface area contributed by atoms with Gasteiger partial charge in [-0.3, -0.25) is 9.36 Å². The van der Waals surface area contributed by atoms with Crippen LogP contribution in [-0.4, -0.2) is 39.7 Å². The van der Waals surface area contributed by atoms with Crippen LogP contribution in [0.3, 0.4) is 0 Å². The number of nitrogens with zero attached hydrogens (tertiary/aromatic N) is 4. The first-order valence-corrected chi connectivity index (χ1v) is 11.9. The molecule has 0 unspecified atom stereocenters. The molecule has 4 rings (SSSR count). The first-order valence-electron chi connectivity index (χ1n) is 10.9. The van der Waals surface area contributed by atoms with Crippen LogP contribution in [0, 0.1) is 6.92 Å². The number of aromatic nitrogens is 3. The van der Waals surface area contributed by atoms with E-state index < -0.39 is 0 Å². The van der Waals surface area contributed by atoms with Gasteiger partial charge >= 0.3 is 0 Å². The second-order valence-corrected chi connectivity index (χ2v) is 8.63. The lowest BCUT2D eigenvalue weighted by Gasteiger charge is -2.11. The van der Waals surface area contributed by atoms with Gasteiger partial charge in [-0.2, -0.15) is 5.10 Å². The molecule has 0 aliphatic heterocycles. The van der Waals surface area contributed by atoms with Crippen molar-refractivity contribution >= 4 is 30.0 Å². The third kappa shape index (κ3) is 6.27. The number of carbonyl (C=O) groups is 1. The zero-order valence-corrected chi connectivity index (χ0v) is 20.5. The minimum atomic E-state index is -0.252. The van der Waals surface area contributed by atoms with Crippen molar-refractivity contribution in [2.45, 2.75) is 19.0 Å². The van der Waals surface area contributed by atoms with Crippen LogP contribution in [0.4, 0.5) is 0 Å². The molecule has 178 valence electrons. The lowest BCUT2D eigenvalue weighted by atomic mass is 10.1. The topological polar surface area (TPSA) is 94.5 Å². The summed E-state index contributed by atoms with van der Waals surface area (Å²) in [4.78, 5) is 12.4. The van der Waals surface area contributed by atoms with E-state index in [2.05, 4.69) is 20.7 Å². The van der Waals surface area contributed by atoms with E-state index in [1.807, 2.05) is 85.2 Å². The Labute approximate surface area is 207 Å². The minimum Gasteiger partial charge on any atom is -0.497 e. The number of hydrogen-bond donors (Lipinski definition) is 1. The zero-order valence-electron chi connectivity index (χ0n) is 19.6. The molecule has 1 amide bonds. The Morgan fingerprint density at radius 1 is 1.14 bits per heavy atom. The fraction of sp³-hybridized carbons (Fsp3) is 0.154. The highest BCUT2D eigenvalue weighted by molar-refractivity contribution is 7.99. The molecule has 0 aliphatic carbocycles. The number of ether oxygens (including phenoxy) is 1. The van der Waals surface area contributed by atoms with Crippen molar-refractivity contribution in [3.8, 4) is 22.8 Å². The quantitative estimate of drug-likeness (QED) is 0.200. The number of benzene rings is 2. The van der Waals surface area contributed by atoms with Crippen molar-refractivity contribution in [2.24, 2.45) is 5.10 Å². The van der Waals surface area contributed by atoms with Gasteiger partial charge in [0.2, 0.25) is 0 Å². The summed E-state index contributed by atoms with van der Waals surface area (Å²) in [5.74, 6) is 2.04. The SMILES string of the molecule is COc1ccc(-n2c(SCC(=O)N/N=C\C(C)=C\c3ccco3)nnc2-c2ccc(C)cc2)cc1. The lowest BCUT2D eigenvalue weighted by Crippen LogP contribution is -2.20. The number of allylic oxidation sites excluding steroid dienone is 1. The molecule has 0 saturated heterocycles. The van der Waals surface area contributed by atoms with Gasteiger partial charge in [0.25, 0.3) is 5.91 Å². The predicted molar refractivity (Wildman–Crippen MR) is 138 cm³/mol. The first kappa shape index (κ1) is 24.0. The summed E-state index contributed by atoms with van der Waals surface area (Å²) >= 11 is 1.28. The third-order valence-corrected chi connectivity index (χ3v) is 5.91. The molecule has 9 heteroatoms. The van der Waals surface area contributed by atoms with Gasteiger partial charge in [-0.1, -0.05) is 41.6 Å². The summed E-state index contributed by atoms with van der Waals surface area (Å²) in [5.41, 5.74) is 6.34. The van der Waals surface area contributed by atoms with Crippen LogP contribution in [0.2, 0.25) is 0 Å². The number of furan rings is 1. The monoisotopic (exact) mass is 487 g/mol. The van der Waals surface area contributed by atoms with Crippen LogP contribution in [0.25, 0.3) is 23.2 Å². The van der Waals surface area contributed by atoms with Crippen molar-refractivity contribution in [3.63, 3.8) is 0 Å². The number of amides is 1. The molecule has 0 bridgehead atoms. The molecule has 2 aromatic heterocycles. The fourth-order valence-electron chi connectivity index (χ4n) is 3.22. The van der Waals surface area contributed by atoms with Crippen molar-refractivity contribution in [1.29, 1.82) is 0 Å². The Hall–Kier alpha value is -4.11. The Kier molecular flexibility index (Phi) is 7.79. The molecule has 0 radical (unpaired) electrons. The molecule has 2 heterocycles. The number of carbonyl (C=O) groups excluding carboxylic acids is 1. The molecule has 0 atom stereocenters. The molecule has 0 fully saturated rings. The summed E-state index contributed by atoms with van der Waals surface area (Å²) in [6.07, 6.45) is 5.00.